The second-order valence-corrected chi connectivity index (χ2v) is 6.72. The summed E-state index contributed by atoms with van der Waals surface area (Å²) in [5.74, 6) is 6.77. The Morgan fingerprint density at radius 3 is 2.46 bits per heavy atom. The van der Waals surface area contributed by atoms with Crippen molar-refractivity contribution in [2.24, 2.45) is 11.1 Å². The van der Waals surface area contributed by atoms with Crippen molar-refractivity contribution >= 4 is 5.91 Å². The van der Waals surface area contributed by atoms with Crippen LogP contribution < -0.4 is 10.5 Å². The summed E-state index contributed by atoms with van der Waals surface area (Å²) in [6.45, 7) is 6.24. The second-order valence-electron chi connectivity index (χ2n) is 6.72. The van der Waals surface area contributed by atoms with Gasteiger partial charge in [-0.05, 0) is 62.6 Å². The molecular weight excluding hydrogens is 298 g/mol. The molecule has 1 amide bonds. The molecule has 0 fully saturated rings. The molecule has 2 aromatic rings. The smallest absolute Gasteiger partial charge is 0.248 e. The lowest BCUT2D eigenvalue weighted by Gasteiger charge is -2.11. The highest BCUT2D eigenvalue weighted by Gasteiger charge is 2.12. The van der Waals surface area contributed by atoms with E-state index in [1.165, 1.54) is 0 Å². The van der Waals surface area contributed by atoms with E-state index in [1.807, 2.05) is 30.3 Å². The number of ether oxygens (including phenoxy) is 1. The Morgan fingerprint density at radius 1 is 1.12 bits per heavy atom. The van der Waals surface area contributed by atoms with Crippen LogP contribution in [-0.4, -0.2) is 13.0 Å². The summed E-state index contributed by atoms with van der Waals surface area (Å²) in [6, 6.07) is 13.3. The number of benzene rings is 2. The topological polar surface area (TPSA) is 52.3 Å². The summed E-state index contributed by atoms with van der Waals surface area (Å²) in [5, 5.41) is 0. The van der Waals surface area contributed by atoms with Gasteiger partial charge in [-0.25, -0.2) is 0 Å². The van der Waals surface area contributed by atoms with Crippen molar-refractivity contribution in [2.75, 3.05) is 7.11 Å². The fourth-order valence-corrected chi connectivity index (χ4v) is 2.34. The van der Waals surface area contributed by atoms with Crippen LogP contribution in [0.1, 0.15) is 47.8 Å². The third kappa shape index (κ3) is 4.63. The van der Waals surface area contributed by atoms with Crippen LogP contribution in [0.3, 0.4) is 0 Å². The largest absolute Gasteiger partial charge is 0.497 e. The zero-order chi connectivity index (χ0) is 17.7. The van der Waals surface area contributed by atoms with E-state index in [-0.39, 0.29) is 5.41 Å². The third-order valence-electron chi connectivity index (χ3n) is 3.55. The predicted octanol–water partition coefficient (Wildman–Crippen LogP) is 3.78. The van der Waals surface area contributed by atoms with Gasteiger partial charge in [0.2, 0.25) is 5.91 Å². The van der Waals surface area contributed by atoms with Crippen molar-refractivity contribution in [3.8, 4) is 17.6 Å². The molecule has 2 N–H and O–H groups in total. The molecule has 0 aliphatic rings. The number of nitrogens with two attached hydrogens (primary N) is 1. The first kappa shape index (κ1) is 17.6. The number of carbonyl (C=O) groups is 1. The van der Waals surface area contributed by atoms with E-state index < -0.39 is 5.91 Å². The lowest BCUT2D eigenvalue weighted by Crippen LogP contribution is -2.14. The molecule has 0 aliphatic carbocycles. The number of primary amides is 1. The van der Waals surface area contributed by atoms with Crippen LogP contribution in [-0.2, 0) is 6.42 Å². The van der Waals surface area contributed by atoms with Crippen molar-refractivity contribution in [3.05, 3.63) is 64.7 Å². The lowest BCUT2D eigenvalue weighted by molar-refractivity contribution is 0.0999. The quantitative estimate of drug-likeness (QED) is 0.871. The fraction of sp³-hybridized carbons (Fsp3) is 0.286. The summed E-state index contributed by atoms with van der Waals surface area (Å²) >= 11 is 0. The summed E-state index contributed by atoms with van der Waals surface area (Å²) in [4.78, 5) is 11.7. The molecule has 3 heteroatoms. The van der Waals surface area contributed by atoms with E-state index in [9.17, 15) is 4.79 Å². The summed E-state index contributed by atoms with van der Waals surface area (Å²) in [6.07, 6.45) is 0.574. The second kappa shape index (κ2) is 7.23. The predicted molar refractivity (Wildman–Crippen MR) is 97.1 cm³/mol. The average Bonchev–Trinajstić information content (AvgIpc) is 2.53. The molecule has 0 aromatic heterocycles. The monoisotopic (exact) mass is 321 g/mol. The molecule has 2 aromatic carbocycles. The minimum Gasteiger partial charge on any atom is -0.497 e. The standard InChI is InChI=1S/C21H23NO2/c1-21(2,3)12-11-15-7-5-6-8-16(15)13-17-14-18(24-4)9-10-19(17)20(22)23/h5-10,14H,13H2,1-4H3,(H2,22,23). The molecule has 0 aliphatic heterocycles. The molecule has 0 radical (unpaired) electrons. The van der Waals surface area contributed by atoms with Crippen LogP contribution in [0, 0.1) is 17.3 Å². The maximum Gasteiger partial charge on any atom is 0.248 e. The Morgan fingerprint density at radius 2 is 1.83 bits per heavy atom. The van der Waals surface area contributed by atoms with Crippen molar-refractivity contribution in [1.29, 1.82) is 0 Å². The van der Waals surface area contributed by atoms with Gasteiger partial charge in [0.1, 0.15) is 5.75 Å². The Labute approximate surface area is 143 Å². The third-order valence-corrected chi connectivity index (χ3v) is 3.55. The highest BCUT2D eigenvalue weighted by Crippen LogP contribution is 2.22. The molecule has 0 atom stereocenters. The molecule has 0 saturated heterocycles. The van der Waals surface area contributed by atoms with Gasteiger partial charge in [-0.1, -0.05) is 30.0 Å². The van der Waals surface area contributed by atoms with Crippen molar-refractivity contribution in [1.82, 2.24) is 0 Å². The lowest BCUT2D eigenvalue weighted by atomic mass is 9.94. The number of methoxy groups -OCH3 is 1. The zero-order valence-electron chi connectivity index (χ0n) is 14.6. The summed E-state index contributed by atoms with van der Waals surface area (Å²) in [7, 11) is 1.60. The Balaban J connectivity index is 2.45. The van der Waals surface area contributed by atoms with E-state index in [1.54, 1.807) is 19.2 Å². The molecule has 24 heavy (non-hydrogen) atoms. The molecule has 0 unspecified atom stereocenters. The van der Waals surface area contributed by atoms with E-state index in [0.717, 1.165) is 16.7 Å². The van der Waals surface area contributed by atoms with E-state index in [4.69, 9.17) is 10.5 Å². The normalized spacial score (nSPS) is 10.7. The number of rotatable bonds is 4. The van der Waals surface area contributed by atoms with E-state index in [2.05, 4.69) is 32.6 Å². The minimum atomic E-state index is -0.439. The Kier molecular flexibility index (Phi) is 5.31. The van der Waals surface area contributed by atoms with Crippen molar-refractivity contribution < 1.29 is 9.53 Å². The van der Waals surface area contributed by atoms with Crippen LogP contribution in [0.4, 0.5) is 0 Å². The number of amides is 1. The molecule has 124 valence electrons. The van der Waals surface area contributed by atoms with Crippen LogP contribution in [0.2, 0.25) is 0 Å². The summed E-state index contributed by atoms with van der Waals surface area (Å²) < 4.78 is 5.27. The van der Waals surface area contributed by atoms with Crippen LogP contribution in [0.25, 0.3) is 0 Å². The van der Waals surface area contributed by atoms with Gasteiger partial charge in [-0.2, -0.15) is 0 Å². The highest BCUT2D eigenvalue weighted by atomic mass is 16.5. The first-order valence-corrected chi connectivity index (χ1v) is 7.88. The SMILES string of the molecule is COc1ccc(C(N)=O)c(Cc2ccccc2C#CC(C)(C)C)c1. The van der Waals surface area contributed by atoms with Gasteiger partial charge in [0.25, 0.3) is 0 Å². The highest BCUT2D eigenvalue weighted by molar-refractivity contribution is 5.94. The van der Waals surface area contributed by atoms with Crippen LogP contribution in [0.15, 0.2) is 42.5 Å². The molecule has 2 rings (SSSR count). The molecule has 3 nitrogen and oxygen atoms in total. The Bertz CT molecular complexity index is 805. The zero-order valence-corrected chi connectivity index (χ0v) is 14.6. The van der Waals surface area contributed by atoms with E-state index in [0.29, 0.717) is 17.7 Å². The van der Waals surface area contributed by atoms with Gasteiger partial charge in [-0.15, -0.1) is 0 Å². The Hall–Kier alpha value is -2.73. The molecular formula is C21H23NO2. The number of carbonyl (C=O) groups excluding carboxylic acids is 1. The fourth-order valence-electron chi connectivity index (χ4n) is 2.34. The van der Waals surface area contributed by atoms with Crippen LogP contribution in [0.5, 0.6) is 5.75 Å². The molecule has 0 heterocycles. The van der Waals surface area contributed by atoms with Gasteiger partial charge >= 0.3 is 0 Å². The van der Waals surface area contributed by atoms with Crippen LogP contribution >= 0.6 is 0 Å². The maximum atomic E-state index is 11.7. The van der Waals surface area contributed by atoms with Crippen molar-refractivity contribution in [2.45, 2.75) is 27.2 Å². The molecule has 0 saturated carbocycles. The van der Waals surface area contributed by atoms with Gasteiger partial charge in [0.05, 0.1) is 7.11 Å². The minimum absolute atomic E-state index is 0.0680. The number of hydrogen-bond donors (Lipinski definition) is 1. The first-order valence-electron chi connectivity index (χ1n) is 7.88. The van der Waals surface area contributed by atoms with E-state index >= 15 is 0 Å². The first-order chi connectivity index (χ1) is 11.3. The number of hydrogen-bond acceptors (Lipinski definition) is 2. The molecule has 0 spiro atoms. The van der Waals surface area contributed by atoms with Gasteiger partial charge < -0.3 is 10.5 Å². The van der Waals surface area contributed by atoms with Crippen molar-refractivity contribution in [3.63, 3.8) is 0 Å². The maximum absolute atomic E-state index is 11.7. The summed E-state index contributed by atoms with van der Waals surface area (Å²) in [5.41, 5.74) is 8.81. The average molecular weight is 321 g/mol. The van der Waals surface area contributed by atoms with Gasteiger partial charge in [0, 0.05) is 16.5 Å². The molecule has 0 bridgehead atoms. The van der Waals surface area contributed by atoms with Gasteiger partial charge in [-0.3, -0.25) is 4.79 Å². The van der Waals surface area contributed by atoms with Gasteiger partial charge in [0.15, 0.2) is 0 Å².